The van der Waals surface area contributed by atoms with Crippen molar-refractivity contribution in [3.8, 4) is 0 Å². The van der Waals surface area contributed by atoms with Crippen LogP contribution >= 0.6 is 11.3 Å². The van der Waals surface area contributed by atoms with Crippen LogP contribution in [0.2, 0.25) is 0 Å². The van der Waals surface area contributed by atoms with Gasteiger partial charge in [-0.25, -0.2) is 13.1 Å². The smallest absolute Gasteiger partial charge is 0.250 e. The van der Waals surface area contributed by atoms with Gasteiger partial charge in [0.25, 0.3) is 0 Å². The fraction of sp³-hybridized carbons (Fsp3) is 0.636. The van der Waals surface area contributed by atoms with Crippen LogP contribution in [0, 0.1) is 0 Å². The fourth-order valence-corrected chi connectivity index (χ4v) is 4.06. The van der Waals surface area contributed by atoms with E-state index in [0.717, 1.165) is 11.3 Å². The van der Waals surface area contributed by atoms with Crippen molar-refractivity contribution in [2.75, 3.05) is 6.61 Å². The van der Waals surface area contributed by atoms with Gasteiger partial charge in [0, 0.05) is 17.5 Å². The predicted molar refractivity (Wildman–Crippen MR) is 69.8 cm³/mol. The molecule has 1 unspecified atom stereocenters. The van der Waals surface area contributed by atoms with E-state index >= 15 is 0 Å². The molecular formula is C11H19NO3S2. The summed E-state index contributed by atoms with van der Waals surface area (Å²) < 4.78 is 26.9. The summed E-state index contributed by atoms with van der Waals surface area (Å²) in [5, 5.41) is 8.69. The number of hydrogen-bond donors (Lipinski definition) is 2. The van der Waals surface area contributed by atoms with E-state index in [1.807, 2.05) is 19.9 Å². The Hall–Kier alpha value is -0.430. The van der Waals surface area contributed by atoms with E-state index in [1.54, 1.807) is 6.07 Å². The van der Waals surface area contributed by atoms with E-state index in [9.17, 15) is 8.42 Å². The Balaban J connectivity index is 2.68. The molecule has 1 heterocycles. The lowest BCUT2D eigenvalue weighted by atomic mass is 10.2. The first-order valence-electron chi connectivity index (χ1n) is 5.71. The first kappa shape index (κ1) is 14.6. The van der Waals surface area contributed by atoms with Crippen LogP contribution in [0.25, 0.3) is 0 Å². The zero-order valence-corrected chi connectivity index (χ0v) is 11.8. The first-order valence-corrected chi connectivity index (χ1v) is 8.01. The van der Waals surface area contributed by atoms with E-state index in [4.69, 9.17) is 5.11 Å². The van der Waals surface area contributed by atoms with Gasteiger partial charge in [0.15, 0.2) is 0 Å². The number of rotatable bonds is 7. The van der Waals surface area contributed by atoms with Gasteiger partial charge in [-0.2, -0.15) is 0 Å². The van der Waals surface area contributed by atoms with Gasteiger partial charge in [0.1, 0.15) is 4.21 Å². The summed E-state index contributed by atoms with van der Waals surface area (Å²) in [6, 6.07) is 3.33. The summed E-state index contributed by atoms with van der Waals surface area (Å²) in [6.07, 6.45) is 2.09. The highest BCUT2D eigenvalue weighted by molar-refractivity contribution is 7.91. The van der Waals surface area contributed by atoms with Crippen molar-refractivity contribution < 1.29 is 13.5 Å². The second kappa shape index (κ2) is 6.49. The SMILES string of the molecule is CCc1ccc(S(=O)(=O)NC(C)CCCO)s1. The molecule has 1 rings (SSSR count). The maximum atomic E-state index is 12.0. The molecule has 0 bridgehead atoms. The van der Waals surface area contributed by atoms with E-state index in [1.165, 1.54) is 11.3 Å². The van der Waals surface area contributed by atoms with Crippen LogP contribution in [0.5, 0.6) is 0 Å². The standard InChI is InChI=1S/C11H19NO3S2/c1-3-10-6-7-11(16-10)17(14,15)12-9(2)5-4-8-13/h6-7,9,12-13H,3-5,8H2,1-2H3. The number of sulfonamides is 1. The fourth-order valence-electron chi connectivity index (χ4n) is 1.47. The van der Waals surface area contributed by atoms with E-state index in [0.29, 0.717) is 17.1 Å². The number of aliphatic hydroxyl groups is 1. The Morgan fingerprint density at radius 1 is 1.47 bits per heavy atom. The minimum Gasteiger partial charge on any atom is -0.396 e. The molecule has 0 aromatic carbocycles. The number of hydrogen-bond acceptors (Lipinski definition) is 4. The lowest BCUT2D eigenvalue weighted by molar-refractivity contribution is 0.279. The van der Waals surface area contributed by atoms with Gasteiger partial charge in [-0.05, 0) is 38.3 Å². The molecular weight excluding hydrogens is 258 g/mol. The number of thiophene rings is 1. The predicted octanol–water partition coefficient (Wildman–Crippen LogP) is 1.75. The number of aryl methyl sites for hydroxylation is 1. The summed E-state index contributed by atoms with van der Waals surface area (Å²) in [6.45, 7) is 3.89. The normalized spacial score (nSPS) is 13.8. The molecule has 1 aromatic heterocycles. The summed E-state index contributed by atoms with van der Waals surface area (Å²) in [7, 11) is -3.39. The van der Waals surface area contributed by atoms with Crippen molar-refractivity contribution in [3.63, 3.8) is 0 Å². The lowest BCUT2D eigenvalue weighted by Gasteiger charge is -2.12. The van der Waals surface area contributed by atoms with Crippen molar-refractivity contribution in [3.05, 3.63) is 17.0 Å². The van der Waals surface area contributed by atoms with Crippen LogP contribution in [-0.4, -0.2) is 26.2 Å². The van der Waals surface area contributed by atoms with Crippen molar-refractivity contribution in [2.45, 2.75) is 43.4 Å². The monoisotopic (exact) mass is 277 g/mol. The van der Waals surface area contributed by atoms with Crippen molar-refractivity contribution in [2.24, 2.45) is 0 Å². The summed E-state index contributed by atoms with van der Waals surface area (Å²) in [4.78, 5) is 1.06. The molecule has 0 radical (unpaired) electrons. The van der Waals surface area contributed by atoms with E-state index in [2.05, 4.69) is 4.72 Å². The summed E-state index contributed by atoms with van der Waals surface area (Å²) >= 11 is 1.31. The van der Waals surface area contributed by atoms with Gasteiger partial charge in [0.2, 0.25) is 10.0 Å². The molecule has 0 saturated carbocycles. The molecule has 0 fully saturated rings. The molecule has 0 spiro atoms. The quantitative estimate of drug-likeness (QED) is 0.798. The summed E-state index contributed by atoms with van der Waals surface area (Å²) in [5.74, 6) is 0. The third kappa shape index (κ3) is 4.39. The molecule has 98 valence electrons. The molecule has 4 nitrogen and oxygen atoms in total. The van der Waals surface area contributed by atoms with Gasteiger partial charge < -0.3 is 5.11 Å². The third-order valence-electron chi connectivity index (χ3n) is 2.40. The minimum absolute atomic E-state index is 0.0883. The second-order valence-corrected chi connectivity index (χ2v) is 7.07. The molecule has 0 aliphatic rings. The molecule has 1 atom stereocenters. The zero-order chi connectivity index (χ0) is 12.9. The highest BCUT2D eigenvalue weighted by Crippen LogP contribution is 2.22. The third-order valence-corrected chi connectivity index (χ3v) is 5.71. The van der Waals surface area contributed by atoms with Crippen molar-refractivity contribution >= 4 is 21.4 Å². The van der Waals surface area contributed by atoms with Crippen LogP contribution in [0.4, 0.5) is 0 Å². The Morgan fingerprint density at radius 3 is 2.71 bits per heavy atom. The molecule has 0 aliphatic heterocycles. The van der Waals surface area contributed by atoms with Gasteiger partial charge in [-0.3, -0.25) is 0 Å². The van der Waals surface area contributed by atoms with Gasteiger partial charge in [-0.15, -0.1) is 11.3 Å². The maximum absolute atomic E-state index is 12.0. The average molecular weight is 277 g/mol. The number of aliphatic hydroxyl groups excluding tert-OH is 1. The largest absolute Gasteiger partial charge is 0.396 e. The Bertz CT molecular complexity index is 439. The Labute approximate surface area is 107 Å². The van der Waals surface area contributed by atoms with Gasteiger partial charge in [0.05, 0.1) is 0 Å². The van der Waals surface area contributed by atoms with Crippen LogP contribution in [0.3, 0.4) is 0 Å². The molecule has 0 aliphatic carbocycles. The van der Waals surface area contributed by atoms with Crippen molar-refractivity contribution in [1.82, 2.24) is 4.72 Å². The zero-order valence-electron chi connectivity index (χ0n) is 10.1. The highest BCUT2D eigenvalue weighted by atomic mass is 32.2. The van der Waals surface area contributed by atoms with Gasteiger partial charge in [-0.1, -0.05) is 6.92 Å². The highest BCUT2D eigenvalue weighted by Gasteiger charge is 2.18. The van der Waals surface area contributed by atoms with Gasteiger partial charge >= 0.3 is 0 Å². The second-order valence-electron chi connectivity index (χ2n) is 3.96. The van der Waals surface area contributed by atoms with Crippen LogP contribution in [0.15, 0.2) is 16.3 Å². The Kier molecular flexibility index (Phi) is 5.58. The topological polar surface area (TPSA) is 66.4 Å². The van der Waals surface area contributed by atoms with Crippen LogP contribution in [0.1, 0.15) is 31.6 Å². The van der Waals surface area contributed by atoms with Crippen LogP contribution in [-0.2, 0) is 16.4 Å². The first-order chi connectivity index (χ1) is 7.99. The molecule has 0 amide bonds. The average Bonchev–Trinajstić information content (AvgIpc) is 2.75. The maximum Gasteiger partial charge on any atom is 0.250 e. The molecule has 17 heavy (non-hydrogen) atoms. The number of nitrogens with one attached hydrogen (secondary N) is 1. The van der Waals surface area contributed by atoms with E-state index < -0.39 is 10.0 Å². The van der Waals surface area contributed by atoms with Crippen LogP contribution < -0.4 is 4.72 Å². The van der Waals surface area contributed by atoms with Crippen molar-refractivity contribution in [1.29, 1.82) is 0 Å². The Morgan fingerprint density at radius 2 is 2.18 bits per heavy atom. The molecule has 6 heteroatoms. The molecule has 0 saturated heterocycles. The minimum atomic E-state index is -3.39. The van der Waals surface area contributed by atoms with E-state index in [-0.39, 0.29) is 12.6 Å². The molecule has 2 N–H and O–H groups in total. The lowest BCUT2D eigenvalue weighted by Crippen LogP contribution is -2.32. The summed E-state index contributed by atoms with van der Waals surface area (Å²) in [5.41, 5.74) is 0. The molecule has 1 aromatic rings.